The molecule has 1 aliphatic rings. The number of likely N-dealkylation sites (tertiary alicyclic amines) is 1. The van der Waals surface area contributed by atoms with Gasteiger partial charge in [0.05, 0.1) is 4.88 Å². The van der Waals surface area contributed by atoms with Gasteiger partial charge in [0, 0.05) is 23.8 Å². The molecule has 0 spiro atoms. The SMILES string of the molecule is CNC1CCCN(C(=O)c2cc3ccc(F)cc3s2)C1. The molecule has 0 radical (unpaired) electrons. The Morgan fingerprint density at radius 1 is 1.45 bits per heavy atom. The van der Waals surface area contributed by atoms with Crippen LogP contribution in [0.3, 0.4) is 0 Å². The number of piperidine rings is 1. The number of fused-ring (bicyclic) bond motifs is 1. The van der Waals surface area contributed by atoms with Crippen LogP contribution in [-0.2, 0) is 0 Å². The van der Waals surface area contributed by atoms with Gasteiger partial charge in [0.1, 0.15) is 5.82 Å². The van der Waals surface area contributed by atoms with Gasteiger partial charge >= 0.3 is 0 Å². The predicted octanol–water partition coefficient (Wildman–Crippen LogP) is 2.86. The van der Waals surface area contributed by atoms with Gasteiger partial charge in [-0.2, -0.15) is 0 Å². The van der Waals surface area contributed by atoms with Crippen LogP contribution in [0, 0.1) is 5.82 Å². The molecule has 0 saturated carbocycles. The van der Waals surface area contributed by atoms with E-state index < -0.39 is 0 Å². The van der Waals surface area contributed by atoms with Crippen molar-refractivity contribution in [2.24, 2.45) is 0 Å². The van der Waals surface area contributed by atoms with E-state index in [-0.39, 0.29) is 11.7 Å². The van der Waals surface area contributed by atoms with E-state index in [0.29, 0.717) is 10.9 Å². The summed E-state index contributed by atoms with van der Waals surface area (Å²) >= 11 is 1.37. The van der Waals surface area contributed by atoms with Crippen molar-refractivity contribution in [1.29, 1.82) is 0 Å². The molecule has 3 nitrogen and oxygen atoms in total. The normalized spacial score (nSPS) is 19.5. The molecule has 1 amide bonds. The van der Waals surface area contributed by atoms with Crippen LogP contribution in [0.5, 0.6) is 0 Å². The van der Waals surface area contributed by atoms with Gasteiger partial charge in [-0.25, -0.2) is 4.39 Å². The minimum absolute atomic E-state index is 0.0616. The number of benzene rings is 1. The van der Waals surface area contributed by atoms with Gasteiger partial charge in [0.2, 0.25) is 0 Å². The molecule has 20 heavy (non-hydrogen) atoms. The van der Waals surface area contributed by atoms with Crippen LogP contribution in [0.25, 0.3) is 10.1 Å². The number of hydrogen-bond acceptors (Lipinski definition) is 3. The summed E-state index contributed by atoms with van der Waals surface area (Å²) in [4.78, 5) is 15.1. The molecule has 1 aromatic carbocycles. The first-order chi connectivity index (χ1) is 9.67. The molecule has 0 bridgehead atoms. The Kier molecular flexibility index (Phi) is 3.72. The Morgan fingerprint density at radius 3 is 3.10 bits per heavy atom. The number of likely N-dealkylation sites (N-methyl/N-ethyl adjacent to an activating group) is 1. The quantitative estimate of drug-likeness (QED) is 0.923. The minimum Gasteiger partial charge on any atom is -0.336 e. The Morgan fingerprint density at radius 2 is 2.30 bits per heavy atom. The molecule has 5 heteroatoms. The van der Waals surface area contributed by atoms with Crippen molar-refractivity contribution >= 4 is 27.3 Å². The van der Waals surface area contributed by atoms with E-state index >= 15 is 0 Å². The molecule has 1 unspecified atom stereocenters. The number of carbonyl (C=O) groups excluding carboxylic acids is 1. The molecule has 2 heterocycles. The summed E-state index contributed by atoms with van der Waals surface area (Å²) in [6, 6.07) is 6.89. The minimum atomic E-state index is -0.258. The number of amides is 1. The lowest BCUT2D eigenvalue weighted by Crippen LogP contribution is -2.46. The first-order valence-electron chi connectivity index (χ1n) is 6.83. The second kappa shape index (κ2) is 5.50. The number of nitrogens with zero attached hydrogens (tertiary/aromatic N) is 1. The highest BCUT2D eigenvalue weighted by atomic mass is 32.1. The van der Waals surface area contributed by atoms with Crippen LogP contribution < -0.4 is 5.32 Å². The van der Waals surface area contributed by atoms with Crippen LogP contribution in [0.1, 0.15) is 22.5 Å². The third kappa shape index (κ3) is 2.55. The molecule has 2 aromatic rings. The van der Waals surface area contributed by atoms with Gasteiger partial charge in [-0.05, 0) is 43.5 Å². The summed E-state index contributed by atoms with van der Waals surface area (Å²) in [5.41, 5.74) is 0. The lowest BCUT2D eigenvalue weighted by molar-refractivity contribution is 0.0703. The van der Waals surface area contributed by atoms with Crippen molar-refractivity contribution in [3.8, 4) is 0 Å². The average Bonchev–Trinajstić information content (AvgIpc) is 2.89. The Hall–Kier alpha value is -1.46. The zero-order valence-electron chi connectivity index (χ0n) is 11.4. The van der Waals surface area contributed by atoms with Crippen LogP contribution in [-0.4, -0.2) is 37.0 Å². The molecule has 1 atom stereocenters. The molecule has 1 fully saturated rings. The first-order valence-corrected chi connectivity index (χ1v) is 7.64. The average molecular weight is 292 g/mol. The molecule has 1 N–H and O–H groups in total. The highest BCUT2D eigenvalue weighted by Crippen LogP contribution is 2.28. The van der Waals surface area contributed by atoms with Crippen molar-refractivity contribution < 1.29 is 9.18 Å². The molecule has 1 aromatic heterocycles. The second-order valence-corrected chi connectivity index (χ2v) is 6.26. The highest BCUT2D eigenvalue weighted by molar-refractivity contribution is 7.20. The van der Waals surface area contributed by atoms with Gasteiger partial charge in [-0.1, -0.05) is 6.07 Å². The van der Waals surface area contributed by atoms with Gasteiger partial charge in [0.15, 0.2) is 0 Å². The summed E-state index contributed by atoms with van der Waals surface area (Å²) < 4.78 is 14.0. The number of halogens is 1. The largest absolute Gasteiger partial charge is 0.336 e. The maximum atomic E-state index is 13.2. The topological polar surface area (TPSA) is 32.3 Å². The predicted molar refractivity (Wildman–Crippen MR) is 79.8 cm³/mol. The smallest absolute Gasteiger partial charge is 0.264 e. The van der Waals surface area contributed by atoms with Gasteiger partial charge < -0.3 is 10.2 Å². The standard InChI is InChI=1S/C15H17FN2OS/c1-17-12-3-2-6-18(9-12)15(19)14-7-10-4-5-11(16)8-13(10)20-14/h4-5,7-8,12,17H,2-3,6,9H2,1H3. The van der Waals surface area contributed by atoms with Gasteiger partial charge in [0.25, 0.3) is 5.91 Å². The highest BCUT2D eigenvalue weighted by Gasteiger charge is 2.24. The van der Waals surface area contributed by atoms with Crippen LogP contribution in [0.2, 0.25) is 0 Å². The van der Waals surface area contributed by atoms with Gasteiger partial charge in [-0.3, -0.25) is 4.79 Å². The molecule has 106 valence electrons. The zero-order valence-corrected chi connectivity index (χ0v) is 12.2. The molecular formula is C15H17FN2OS. The van der Waals surface area contributed by atoms with Crippen molar-refractivity contribution in [3.63, 3.8) is 0 Å². The molecule has 1 aliphatic heterocycles. The summed E-state index contributed by atoms with van der Waals surface area (Å²) in [7, 11) is 1.93. The number of carbonyl (C=O) groups is 1. The molecule has 0 aliphatic carbocycles. The fraction of sp³-hybridized carbons (Fsp3) is 0.400. The van der Waals surface area contributed by atoms with E-state index in [2.05, 4.69) is 5.32 Å². The van der Waals surface area contributed by atoms with E-state index in [0.717, 1.165) is 36.0 Å². The van der Waals surface area contributed by atoms with Crippen molar-refractivity contribution in [2.45, 2.75) is 18.9 Å². The second-order valence-electron chi connectivity index (χ2n) is 5.17. The third-order valence-corrected chi connectivity index (χ3v) is 4.90. The maximum absolute atomic E-state index is 13.2. The Labute approximate surface area is 121 Å². The summed E-state index contributed by atoms with van der Waals surface area (Å²) in [6.45, 7) is 1.55. The molecule has 3 rings (SSSR count). The summed E-state index contributed by atoms with van der Waals surface area (Å²) in [6.07, 6.45) is 2.13. The van der Waals surface area contributed by atoms with E-state index in [1.807, 2.05) is 18.0 Å². The van der Waals surface area contributed by atoms with Gasteiger partial charge in [-0.15, -0.1) is 11.3 Å². The lowest BCUT2D eigenvalue weighted by Gasteiger charge is -2.32. The number of hydrogen-bond donors (Lipinski definition) is 1. The van der Waals surface area contributed by atoms with Crippen molar-refractivity contribution in [1.82, 2.24) is 10.2 Å². The van der Waals surface area contributed by atoms with Crippen molar-refractivity contribution in [2.75, 3.05) is 20.1 Å². The lowest BCUT2D eigenvalue weighted by atomic mass is 10.1. The molecular weight excluding hydrogens is 275 g/mol. The summed E-state index contributed by atoms with van der Waals surface area (Å²) in [5.74, 6) is -0.196. The van der Waals surface area contributed by atoms with Crippen molar-refractivity contribution in [3.05, 3.63) is 35.0 Å². The fourth-order valence-corrected chi connectivity index (χ4v) is 3.72. The van der Waals surface area contributed by atoms with Crippen LogP contribution in [0.15, 0.2) is 24.3 Å². The number of thiophene rings is 1. The number of nitrogens with one attached hydrogen (secondary N) is 1. The van der Waals surface area contributed by atoms with Crippen LogP contribution in [0.4, 0.5) is 4.39 Å². The fourth-order valence-electron chi connectivity index (χ4n) is 2.66. The third-order valence-electron chi connectivity index (χ3n) is 3.81. The first kappa shape index (κ1) is 13.5. The Bertz CT molecular complexity index is 640. The monoisotopic (exact) mass is 292 g/mol. The van der Waals surface area contributed by atoms with E-state index in [4.69, 9.17) is 0 Å². The zero-order chi connectivity index (χ0) is 14.1. The van der Waals surface area contributed by atoms with Crippen LogP contribution >= 0.6 is 11.3 Å². The Balaban J connectivity index is 1.84. The summed E-state index contributed by atoms with van der Waals surface area (Å²) in [5, 5.41) is 4.17. The molecule has 1 saturated heterocycles. The maximum Gasteiger partial charge on any atom is 0.264 e. The van der Waals surface area contributed by atoms with E-state index in [1.54, 1.807) is 6.07 Å². The van der Waals surface area contributed by atoms with E-state index in [9.17, 15) is 9.18 Å². The van der Waals surface area contributed by atoms with E-state index in [1.165, 1.54) is 23.5 Å². The number of rotatable bonds is 2.